The number of imidazole rings is 1. The Morgan fingerprint density at radius 2 is 2.29 bits per heavy atom. The van der Waals surface area contributed by atoms with Crippen LogP contribution in [0.15, 0.2) is 36.7 Å². The zero-order valence-corrected chi connectivity index (χ0v) is 10.6. The Labute approximate surface area is 106 Å². The van der Waals surface area contributed by atoms with Crippen molar-refractivity contribution < 1.29 is 0 Å². The number of rotatable bonds is 4. The fourth-order valence-electron chi connectivity index (χ4n) is 1.92. The first-order valence-corrected chi connectivity index (χ1v) is 6.01. The van der Waals surface area contributed by atoms with Crippen LogP contribution < -0.4 is 5.73 Å². The van der Waals surface area contributed by atoms with Crippen LogP contribution in [0.4, 0.5) is 0 Å². The van der Waals surface area contributed by atoms with E-state index >= 15 is 0 Å². The van der Waals surface area contributed by atoms with Crippen LogP contribution in [0, 0.1) is 6.92 Å². The van der Waals surface area contributed by atoms with Gasteiger partial charge in [0, 0.05) is 31.4 Å². The maximum atomic E-state index is 5.97. The van der Waals surface area contributed by atoms with Gasteiger partial charge in [-0.2, -0.15) is 0 Å². The van der Waals surface area contributed by atoms with Gasteiger partial charge in [-0.15, -0.1) is 0 Å². The molecule has 0 amide bonds. The van der Waals surface area contributed by atoms with Gasteiger partial charge in [0.1, 0.15) is 0 Å². The molecule has 0 aliphatic rings. The van der Waals surface area contributed by atoms with Crippen LogP contribution in [-0.4, -0.2) is 16.1 Å². The Hall–Kier alpha value is -1.32. The van der Waals surface area contributed by atoms with E-state index in [0.717, 1.165) is 6.54 Å². The summed E-state index contributed by atoms with van der Waals surface area (Å²) in [4.78, 5) is 4.00. The average Bonchev–Trinajstić information content (AvgIpc) is 2.71. The molecule has 1 atom stereocenters. The van der Waals surface area contributed by atoms with E-state index in [-0.39, 0.29) is 5.92 Å². The second-order valence-electron chi connectivity index (χ2n) is 4.20. The average molecular weight is 250 g/mol. The van der Waals surface area contributed by atoms with E-state index in [2.05, 4.69) is 36.2 Å². The minimum Gasteiger partial charge on any atom is -0.330 e. The van der Waals surface area contributed by atoms with Crippen molar-refractivity contribution in [1.82, 2.24) is 9.55 Å². The Balaban J connectivity index is 2.20. The molecule has 1 aromatic heterocycles. The molecule has 0 spiro atoms. The quantitative estimate of drug-likeness (QED) is 0.905. The molecule has 0 aliphatic carbocycles. The summed E-state index contributed by atoms with van der Waals surface area (Å²) in [6.45, 7) is 3.44. The molecule has 0 aliphatic heterocycles. The van der Waals surface area contributed by atoms with E-state index < -0.39 is 0 Å². The number of benzene rings is 1. The zero-order chi connectivity index (χ0) is 12.3. The summed E-state index contributed by atoms with van der Waals surface area (Å²) >= 11 is 5.97. The number of aryl methyl sites for hydroxylation is 1. The summed E-state index contributed by atoms with van der Waals surface area (Å²) in [5.74, 6) is 0.265. The molecule has 1 heterocycles. The highest BCUT2D eigenvalue weighted by Gasteiger charge is 2.12. The molecule has 0 saturated carbocycles. The molecule has 0 bridgehead atoms. The molecule has 1 unspecified atom stereocenters. The van der Waals surface area contributed by atoms with Crippen molar-refractivity contribution in [3.8, 4) is 0 Å². The first-order valence-electron chi connectivity index (χ1n) is 5.64. The predicted molar refractivity (Wildman–Crippen MR) is 70.2 cm³/mol. The lowest BCUT2D eigenvalue weighted by Crippen LogP contribution is -2.18. The van der Waals surface area contributed by atoms with Crippen molar-refractivity contribution in [2.45, 2.75) is 19.4 Å². The third-order valence-electron chi connectivity index (χ3n) is 2.88. The van der Waals surface area contributed by atoms with E-state index in [1.165, 1.54) is 11.1 Å². The van der Waals surface area contributed by atoms with Gasteiger partial charge in [0.15, 0.2) is 0 Å². The van der Waals surface area contributed by atoms with Gasteiger partial charge in [0.25, 0.3) is 0 Å². The van der Waals surface area contributed by atoms with Crippen LogP contribution in [0.3, 0.4) is 0 Å². The number of halogens is 1. The summed E-state index contributed by atoms with van der Waals surface area (Å²) in [5, 5.41) is 0.510. The van der Waals surface area contributed by atoms with Gasteiger partial charge in [-0.25, -0.2) is 4.98 Å². The van der Waals surface area contributed by atoms with Crippen LogP contribution in [0.25, 0.3) is 0 Å². The Kier molecular flexibility index (Phi) is 3.82. The standard InChI is InChI=1S/C13H16ClN3/c1-10-3-2-4-11(7-10)12(8-15)9-17-6-5-16-13(17)14/h2-7,12H,8-9,15H2,1H3. The minimum atomic E-state index is 0.265. The largest absolute Gasteiger partial charge is 0.330 e. The topological polar surface area (TPSA) is 43.8 Å². The maximum Gasteiger partial charge on any atom is 0.202 e. The summed E-state index contributed by atoms with van der Waals surface area (Å²) in [6, 6.07) is 8.42. The molecule has 2 N–H and O–H groups in total. The van der Waals surface area contributed by atoms with Gasteiger partial charge in [-0.05, 0) is 24.1 Å². The summed E-state index contributed by atoms with van der Waals surface area (Å²) < 4.78 is 1.92. The number of aromatic nitrogens is 2. The first kappa shape index (κ1) is 12.1. The van der Waals surface area contributed by atoms with Crippen molar-refractivity contribution in [3.63, 3.8) is 0 Å². The third kappa shape index (κ3) is 2.87. The van der Waals surface area contributed by atoms with E-state index in [9.17, 15) is 0 Å². The lowest BCUT2D eigenvalue weighted by Gasteiger charge is -2.16. The highest BCUT2D eigenvalue weighted by Crippen LogP contribution is 2.19. The van der Waals surface area contributed by atoms with E-state index in [0.29, 0.717) is 11.8 Å². The summed E-state index contributed by atoms with van der Waals surface area (Å²) in [5.41, 5.74) is 8.34. The maximum absolute atomic E-state index is 5.97. The van der Waals surface area contributed by atoms with Crippen LogP contribution >= 0.6 is 11.6 Å². The van der Waals surface area contributed by atoms with Gasteiger partial charge >= 0.3 is 0 Å². The number of nitrogens with zero attached hydrogens (tertiary/aromatic N) is 2. The van der Waals surface area contributed by atoms with E-state index in [4.69, 9.17) is 17.3 Å². The van der Waals surface area contributed by atoms with Gasteiger partial charge in [0.05, 0.1) is 0 Å². The van der Waals surface area contributed by atoms with Crippen LogP contribution in [0.1, 0.15) is 17.0 Å². The Morgan fingerprint density at radius 3 is 2.88 bits per heavy atom. The molecule has 2 aromatic rings. The second-order valence-corrected chi connectivity index (χ2v) is 4.53. The molecule has 90 valence electrons. The van der Waals surface area contributed by atoms with Crippen LogP contribution in [0.5, 0.6) is 0 Å². The molecule has 2 rings (SSSR count). The molecule has 1 aromatic carbocycles. The highest BCUT2D eigenvalue weighted by atomic mass is 35.5. The monoisotopic (exact) mass is 249 g/mol. The Bertz CT molecular complexity index is 493. The van der Waals surface area contributed by atoms with Gasteiger partial charge in [0.2, 0.25) is 5.28 Å². The molecule has 4 heteroatoms. The number of nitrogens with two attached hydrogens (primary N) is 1. The minimum absolute atomic E-state index is 0.265. The lowest BCUT2D eigenvalue weighted by molar-refractivity contribution is 0.566. The molecular weight excluding hydrogens is 234 g/mol. The molecule has 0 fully saturated rings. The summed E-state index contributed by atoms with van der Waals surface area (Å²) in [7, 11) is 0. The Morgan fingerprint density at radius 1 is 1.47 bits per heavy atom. The fourth-order valence-corrected chi connectivity index (χ4v) is 2.11. The summed E-state index contributed by atoms with van der Waals surface area (Å²) in [6.07, 6.45) is 3.58. The molecule has 0 radical (unpaired) electrons. The normalized spacial score (nSPS) is 12.6. The van der Waals surface area contributed by atoms with Gasteiger partial charge in [-0.1, -0.05) is 29.8 Å². The molecular formula is C13H16ClN3. The molecule has 3 nitrogen and oxygen atoms in total. The lowest BCUT2D eigenvalue weighted by atomic mass is 9.97. The molecule has 0 saturated heterocycles. The fraction of sp³-hybridized carbons (Fsp3) is 0.308. The van der Waals surface area contributed by atoms with Gasteiger partial charge in [-0.3, -0.25) is 0 Å². The van der Waals surface area contributed by atoms with Crippen molar-refractivity contribution >= 4 is 11.6 Å². The van der Waals surface area contributed by atoms with E-state index in [1.54, 1.807) is 6.20 Å². The first-order chi connectivity index (χ1) is 8.20. The van der Waals surface area contributed by atoms with Crippen molar-refractivity contribution in [1.29, 1.82) is 0 Å². The van der Waals surface area contributed by atoms with Crippen molar-refractivity contribution in [2.24, 2.45) is 5.73 Å². The smallest absolute Gasteiger partial charge is 0.202 e. The van der Waals surface area contributed by atoms with Crippen molar-refractivity contribution in [3.05, 3.63) is 53.1 Å². The van der Waals surface area contributed by atoms with Crippen LogP contribution in [-0.2, 0) is 6.54 Å². The highest BCUT2D eigenvalue weighted by molar-refractivity contribution is 6.28. The van der Waals surface area contributed by atoms with Gasteiger partial charge < -0.3 is 10.3 Å². The van der Waals surface area contributed by atoms with Crippen molar-refractivity contribution in [2.75, 3.05) is 6.54 Å². The van der Waals surface area contributed by atoms with Crippen LogP contribution in [0.2, 0.25) is 5.28 Å². The zero-order valence-electron chi connectivity index (χ0n) is 9.81. The predicted octanol–water partition coefficient (Wildman–Crippen LogP) is 2.59. The number of hydrogen-bond acceptors (Lipinski definition) is 2. The third-order valence-corrected chi connectivity index (χ3v) is 3.19. The molecule has 17 heavy (non-hydrogen) atoms. The second kappa shape index (κ2) is 5.34. The number of hydrogen-bond donors (Lipinski definition) is 1. The SMILES string of the molecule is Cc1cccc(C(CN)Cn2ccnc2Cl)c1. The van der Waals surface area contributed by atoms with E-state index in [1.807, 2.05) is 10.8 Å².